The Hall–Kier alpha value is -2.40. The zero-order valence-corrected chi connectivity index (χ0v) is 15.2. The Bertz CT molecular complexity index is 760. The van der Waals surface area contributed by atoms with E-state index in [0.717, 1.165) is 39.1 Å². The van der Waals surface area contributed by atoms with Crippen molar-refractivity contribution >= 4 is 0 Å². The molecular formula is C20H27N5. The predicted molar refractivity (Wildman–Crippen MR) is 100 cm³/mol. The number of hydrogen-bond donors (Lipinski definition) is 0. The number of benzene rings is 1. The molecule has 2 heterocycles. The third-order valence-corrected chi connectivity index (χ3v) is 4.63. The van der Waals surface area contributed by atoms with E-state index < -0.39 is 0 Å². The zero-order valence-electron chi connectivity index (χ0n) is 15.2. The minimum Gasteiger partial charge on any atom is -0.337 e. The maximum Gasteiger partial charge on any atom is 0.0948 e. The van der Waals surface area contributed by atoms with E-state index in [9.17, 15) is 0 Å². The molecule has 0 aliphatic rings. The van der Waals surface area contributed by atoms with Crippen LogP contribution in [-0.4, -0.2) is 30.5 Å². The molecule has 0 aliphatic heterocycles. The van der Waals surface area contributed by atoms with Crippen LogP contribution in [0.3, 0.4) is 0 Å². The number of aromatic nitrogens is 4. The van der Waals surface area contributed by atoms with Crippen LogP contribution in [0.4, 0.5) is 0 Å². The second kappa shape index (κ2) is 8.62. The van der Waals surface area contributed by atoms with Crippen LogP contribution < -0.4 is 0 Å². The molecule has 3 rings (SSSR count). The molecule has 5 heteroatoms. The number of nitrogens with zero attached hydrogens (tertiary/aromatic N) is 5. The van der Waals surface area contributed by atoms with Crippen molar-refractivity contribution in [1.82, 2.24) is 24.0 Å². The van der Waals surface area contributed by atoms with Crippen LogP contribution in [0.1, 0.15) is 30.2 Å². The first-order chi connectivity index (χ1) is 12.3. The van der Waals surface area contributed by atoms with Gasteiger partial charge in [-0.3, -0.25) is 4.90 Å². The van der Waals surface area contributed by atoms with Crippen molar-refractivity contribution < 1.29 is 0 Å². The first kappa shape index (κ1) is 17.4. The summed E-state index contributed by atoms with van der Waals surface area (Å²) in [6.07, 6.45) is 10.8. The Labute approximate surface area is 150 Å². The molecule has 0 fully saturated rings. The van der Waals surface area contributed by atoms with E-state index in [1.165, 1.54) is 16.8 Å². The fourth-order valence-electron chi connectivity index (χ4n) is 3.13. The average molecular weight is 337 g/mol. The van der Waals surface area contributed by atoms with Gasteiger partial charge in [0.05, 0.1) is 18.3 Å². The lowest BCUT2D eigenvalue weighted by molar-refractivity contribution is 0.242. The summed E-state index contributed by atoms with van der Waals surface area (Å²) < 4.78 is 4.36. The van der Waals surface area contributed by atoms with E-state index in [1.807, 2.05) is 31.2 Å². The molecule has 5 nitrogen and oxygen atoms in total. The van der Waals surface area contributed by atoms with E-state index in [-0.39, 0.29) is 0 Å². The highest BCUT2D eigenvalue weighted by atomic mass is 15.2. The first-order valence-corrected chi connectivity index (χ1v) is 8.98. The molecule has 0 amide bonds. The fraction of sp³-hybridized carbons (Fsp3) is 0.400. The van der Waals surface area contributed by atoms with Crippen molar-refractivity contribution in [1.29, 1.82) is 0 Å². The van der Waals surface area contributed by atoms with Crippen LogP contribution in [0.25, 0.3) is 0 Å². The van der Waals surface area contributed by atoms with Crippen molar-refractivity contribution in [3.05, 3.63) is 72.3 Å². The third-order valence-electron chi connectivity index (χ3n) is 4.63. The normalized spacial score (nSPS) is 11.3. The van der Waals surface area contributed by atoms with Gasteiger partial charge in [0.25, 0.3) is 0 Å². The molecule has 0 aliphatic carbocycles. The van der Waals surface area contributed by atoms with Crippen LogP contribution in [0.2, 0.25) is 0 Å². The summed E-state index contributed by atoms with van der Waals surface area (Å²) in [6.45, 7) is 9.24. The maximum absolute atomic E-state index is 4.32. The van der Waals surface area contributed by atoms with E-state index in [1.54, 1.807) is 0 Å². The summed E-state index contributed by atoms with van der Waals surface area (Å²) in [5, 5.41) is 0. The highest BCUT2D eigenvalue weighted by Gasteiger charge is 2.11. The van der Waals surface area contributed by atoms with E-state index in [0.29, 0.717) is 0 Å². The number of rotatable bonds is 9. The molecule has 0 radical (unpaired) electrons. The van der Waals surface area contributed by atoms with Gasteiger partial charge in [-0.15, -0.1) is 0 Å². The second-order valence-electron chi connectivity index (χ2n) is 6.46. The smallest absolute Gasteiger partial charge is 0.0948 e. The summed E-state index contributed by atoms with van der Waals surface area (Å²) in [4.78, 5) is 11.0. The molecule has 3 aromatic rings. The van der Waals surface area contributed by atoms with Gasteiger partial charge in [-0.25, -0.2) is 9.97 Å². The van der Waals surface area contributed by atoms with Gasteiger partial charge in [0.15, 0.2) is 0 Å². The largest absolute Gasteiger partial charge is 0.337 e. The molecule has 0 N–H and O–H groups in total. The minimum atomic E-state index is 0.923. The Balaban J connectivity index is 1.67. The Morgan fingerprint density at radius 1 is 1.08 bits per heavy atom. The van der Waals surface area contributed by atoms with Crippen LogP contribution in [0.5, 0.6) is 0 Å². The molecule has 0 saturated carbocycles. The van der Waals surface area contributed by atoms with Crippen molar-refractivity contribution in [3.8, 4) is 0 Å². The average Bonchev–Trinajstić information content (AvgIpc) is 3.28. The predicted octanol–water partition coefficient (Wildman–Crippen LogP) is 3.50. The van der Waals surface area contributed by atoms with Gasteiger partial charge in [0.1, 0.15) is 0 Å². The maximum atomic E-state index is 4.32. The highest BCUT2D eigenvalue weighted by Crippen LogP contribution is 2.14. The first-order valence-electron chi connectivity index (χ1n) is 8.98. The lowest BCUT2D eigenvalue weighted by atomic mass is 10.1. The molecule has 132 valence electrons. The van der Waals surface area contributed by atoms with Crippen molar-refractivity contribution in [2.45, 2.75) is 46.4 Å². The van der Waals surface area contributed by atoms with Gasteiger partial charge in [-0.1, -0.05) is 24.3 Å². The number of aryl methyl sites for hydroxylation is 3. The quantitative estimate of drug-likeness (QED) is 0.600. The molecule has 0 unspecified atom stereocenters. The number of hydrogen-bond acceptors (Lipinski definition) is 3. The van der Waals surface area contributed by atoms with Gasteiger partial charge in [-0.05, 0) is 31.4 Å². The fourth-order valence-corrected chi connectivity index (χ4v) is 3.13. The lowest BCUT2D eigenvalue weighted by Gasteiger charge is -2.24. The Morgan fingerprint density at radius 2 is 1.96 bits per heavy atom. The Kier molecular flexibility index (Phi) is 6.01. The monoisotopic (exact) mass is 337 g/mol. The minimum absolute atomic E-state index is 0.923. The highest BCUT2D eigenvalue weighted by molar-refractivity contribution is 5.25. The van der Waals surface area contributed by atoms with Gasteiger partial charge in [0.2, 0.25) is 0 Å². The molecular weight excluding hydrogens is 310 g/mol. The summed E-state index contributed by atoms with van der Waals surface area (Å²) >= 11 is 0. The summed E-state index contributed by atoms with van der Waals surface area (Å²) in [7, 11) is 0. The van der Waals surface area contributed by atoms with Gasteiger partial charge < -0.3 is 9.13 Å². The van der Waals surface area contributed by atoms with Gasteiger partial charge >= 0.3 is 0 Å². The molecule has 0 spiro atoms. The standard InChI is InChI=1S/C20H27N5/c1-3-25-17-22-13-20(25)15-24(11-6-10-23-12-9-21-16-23)14-19-8-5-4-7-18(19)2/h4-5,7-9,12-13,16-17H,3,6,10-11,14-15H2,1-2H3. The molecule has 0 bridgehead atoms. The molecule has 1 aromatic carbocycles. The van der Waals surface area contributed by atoms with E-state index >= 15 is 0 Å². The SMILES string of the molecule is CCn1cncc1CN(CCCn1ccnc1)Cc1ccccc1C. The van der Waals surface area contributed by atoms with Crippen LogP contribution in [0, 0.1) is 6.92 Å². The molecule has 0 saturated heterocycles. The molecule has 0 atom stereocenters. The van der Waals surface area contributed by atoms with Crippen LogP contribution >= 0.6 is 0 Å². The lowest BCUT2D eigenvalue weighted by Crippen LogP contribution is -2.26. The van der Waals surface area contributed by atoms with Crippen molar-refractivity contribution in [2.75, 3.05) is 6.54 Å². The summed E-state index contributed by atoms with van der Waals surface area (Å²) in [5.74, 6) is 0. The molecule has 2 aromatic heterocycles. The second-order valence-corrected chi connectivity index (χ2v) is 6.46. The summed E-state index contributed by atoms with van der Waals surface area (Å²) in [5.41, 5.74) is 4.03. The van der Waals surface area contributed by atoms with Gasteiger partial charge in [0, 0.05) is 51.3 Å². The van der Waals surface area contributed by atoms with Crippen molar-refractivity contribution in [3.63, 3.8) is 0 Å². The van der Waals surface area contributed by atoms with E-state index in [2.05, 4.69) is 62.1 Å². The van der Waals surface area contributed by atoms with Crippen LogP contribution in [0.15, 0.2) is 55.5 Å². The zero-order chi connectivity index (χ0) is 17.5. The van der Waals surface area contributed by atoms with Crippen LogP contribution in [-0.2, 0) is 26.2 Å². The topological polar surface area (TPSA) is 38.9 Å². The van der Waals surface area contributed by atoms with E-state index in [4.69, 9.17) is 0 Å². The third kappa shape index (κ3) is 4.79. The summed E-state index contributed by atoms with van der Waals surface area (Å²) in [6, 6.07) is 8.65. The molecule has 25 heavy (non-hydrogen) atoms. The van der Waals surface area contributed by atoms with Crippen molar-refractivity contribution in [2.24, 2.45) is 0 Å². The number of imidazole rings is 2. The van der Waals surface area contributed by atoms with Gasteiger partial charge in [-0.2, -0.15) is 0 Å². The Morgan fingerprint density at radius 3 is 2.72 bits per heavy atom.